The smallest absolute Gasteiger partial charge is 0.160 e. The summed E-state index contributed by atoms with van der Waals surface area (Å²) in [6.07, 6.45) is 0. The second-order valence-electron chi connectivity index (χ2n) is 31.6. The molecule has 0 saturated carbocycles. The van der Waals surface area contributed by atoms with Crippen molar-refractivity contribution in [2.24, 2.45) is 0 Å². The SMILES string of the molecule is c1ccc(-c2cc(-c3ccc(-c4ccc(-n5c6ccccc6c6ccc(-c7ccc8c(c7)c7ccccc7n8-c7ccccc7)cc65)cc4)cc3)nc(-c3ccccc3)n2)cc1.c1ccc(-c2cc(-c3ccccc3)nc(-c3ccc(-c4ccc(-n5c6ccccc6c6ccc(-c7ccc8c(c7)c7ccccc7n8-c7ccccc7)cc65)cc4)cc3)n2)cc1. The first-order valence-corrected chi connectivity index (χ1v) is 42.1. The Morgan fingerprint density at radius 2 is 0.331 bits per heavy atom. The second kappa shape index (κ2) is 30.9. The third-order valence-corrected chi connectivity index (χ3v) is 24.3. The summed E-state index contributed by atoms with van der Waals surface area (Å²) in [6.45, 7) is 0. The van der Waals surface area contributed by atoms with E-state index in [0.717, 1.165) is 101 Å². The summed E-state index contributed by atoms with van der Waals surface area (Å²) in [5.41, 5.74) is 33.3. The Morgan fingerprint density at radius 3 is 0.677 bits per heavy atom. The topological polar surface area (TPSA) is 71.3 Å². The molecule has 0 bridgehead atoms. The fourth-order valence-corrected chi connectivity index (χ4v) is 18.3. The van der Waals surface area contributed by atoms with E-state index in [2.05, 4.69) is 407 Å². The van der Waals surface area contributed by atoms with Crippen molar-refractivity contribution < 1.29 is 0 Å². The molecular weight excluding hydrogens is 1510 g/mol. The number of fused-ring (bicyclic) bond motifs is 12. The number of nitrogens with zero attached hydrogens (tertiary/aromatic N) is 8. The predicted molar refractivity (Wildman–Crippen MR) is 516 cm³/mol. The average Bonchev–Trinajstić information content (AvgIpc) is 1.59. The van der Waals surface area contributed by atoms with Crippen LogP contribution in [0.5, 0.6) is 0 Å². The van der Waals surface area contributed by atoms with Crippen LogP contribution < -0.4 is 0 Å². The van der Waals surface area contributed by atoms with Crippen molar-refractivity contribution in [3.63, 3.8) is 0 Å². The van der Waals surface area contributed by atoms with E-state index < -0.39 is 0 Å². The monoisotopic (exact) mass is 1580 g/mol. The largest absolute Gasteiger partial charge is 0.309 e. The van der Waals surface area contributed by atoms with Gasteiger partial charge in [0.15, 0.2) is 11.6 Å². The third kappa shape index (κ3) is 13.1. The van der Waals surface area contributed by atoms with Gasteiger partial charge in [0.2, 0.25) is 0 Å². The molecule has 0 saturated heterocycles. The number of benzene rings is 18. The number of rotatable bonds is 14. The van der Waals surface area contributed by atoms with Crippen LogP contribution in [0.3, 0.4) is 0 Å². The Labute approximate surface area is 716 Å². The molecule has 24 aromatic rings. The van der Waals surface area contributed by atoms with Gasteiger partial charge in [-0.2, -0.15) is 0 Å². The Morgan fingerprint density at radius 1 is 0.121 bits per heavy atom. The van der Waals surface area contributed by atoms with Gasteiger partial charge in [-0.3, -0.25) is 0 Å². The minimum atomic E-state index is 0.705. The lowest BCUT2D eigenvalue weighted by Crippen LogP contribution is -1.96. The normalized spacial score (nSPS) is 11.5. The summed E-state index contributed by atoms with van der Waals surface area (Å²) in [5.74, 6) is 1.42. The van der Waals surface area contributed by atoms with E-state index in [1.54, 1.807) is 0 Å². The average molecular weight is 1580 g/mol. The van der Waals surface area contributed by atoms with Crippen molar-refractivity contribution in [2.45, 2.75) is 0 Å². The van der Waals surface area contributed by atoms with E-state index in [0.29, 0.717) is 11.6 Å². The lowest BCUT2D eigenvalue weighted by molar-refractivity contribution is 1.18. The first-order valence-electron chi connectivity index (χ1n) is 42.1. The zero-order valence-corrected chi connectivity index (χ0v) is 67.5. The van der Waals surface area contributed by atoms with E-state index in [-0.39, 0.29) is 0 Å². The van der Waals surface area contributed by atoms with Crippen LogP contribution in [0.2, 0.25) is 0 Å². The molecule has 0 spiro atoms. The highest BCUT2D eigenvalue weighted by atomic mass is 15.0. The minimum Gasteiger partial charge on any atom is -0.309 e. The molecule has 0 N–H and O–H groups in total. The van der Waals surface area contributed by atoms with Gasteiger partial charge in [-0.15, -0.1) is 0 Å². The number of aromatic nitrogens is 8. The molecule has 0 unspecified atom stereocenters. The molecule has 580 valence electrons. The van der Waals surface area contributed by atoms with Gasteiger partial charge in [-0.1, -0.05) is 340 Å². The quantitative estimate of drug-likeness (QED) is 0.109. The van der Waals surface area contributed by atoms with E-state index in [1.807, 2.05) is 72.8 Å². The summed E-state index contributed by atoms with van der Waals surface area (Å²) >= 11 is 0. The zero-order valence-electron chi connectivity index (χ0n) is 67.5. The van der Waals surface area contributed by atoms with Gasteiger partial charge in [0.25, 0.3) is 0 Å². The molecule has 6 aromatic heterocycles. The Bertz CT molecular complexity index is 7540. The Kier molecular flexibility index (Phi) is 18.1. The molecule has 124 heavy (non-hydrogen) atoms. The zero-order chi connectivity index (χ0) is 82.0. The first-order chi connectivity index (χ1) is 61.5. The Balaban J connectivity index is 0.000000143. The highest BCUT2D eigenvalue weighted by molar-refractivity contribution is 6.15. The molecule has 0 atom stereocenters. The molecule has 8 nitrogen and oxygen atoms in total. The fourth-order valence-electron chi connectivity index (χ4n) is 18.3. The van der Waals surface area contributed by atoms with Crippen LogP contribution in [-0.2, 0) is 0 Å². The van der Waals surface area contributed by atoms with Crippen molar-refractivity contribution in [2.75, 3.05) is 0 Å². The van der Waals surface area contributed by atoms with Crippen molar-refractivity contribution >= 4 is 87.2 Å². The standard InChI is InChI=1S/2C58H38N4/c1-4-14-41(15-5-1)52-38-53(60-58(59-52)43-16-6-2-7-17-43)42-26-24-39(25-27-42)40-28-32-47(33-29-40)62-54-22-12-10-20-48(54)50-34-30-45(37-57(50)62)44-31-35-56-51(36-44)49-21-11-13-23-55(49)61(56)46-18-8-3-9-19-46;1-4-14-41(15-5-1)52-38-53(42-16-6-2-7-17-42)60-58(59-52)43-26-24-39(25-27-43)40-28-32-47(33-29-40)62-54-22-12-10-20-48(54)50-34-30-45(37-57(50)62)44-31-35-56-51(36-44)49-21-11-13-23-55(49)61(56)46-18-8-3-9-19-46/h2*1-38H. The van der Waals surface area contributed by atoms with E-state index in [4.69, 9.17) is 19.9 Å². The maximum absolute atomic E-state index is 5.04. The fraction of sp³-hybridized carbons (Fsp3) is 0. The first kappa shape index (κ1) is 72.5. The van der Waals surface area contributed by atoms with Gasteiger partial charge in [-0.05, 0) is 166 Å². The summed E-state index contributed by atoms with van der Waals surface area (Å²) in [5, 5.41) is 9.95. The molecule has 0 fully saturated rings. The molecule has 0 radical (unpaired) electrons. The van der Waals surface area contributed by atoms with Crippen LogP contribution in [-0.4, -0.2) is 38.2 Å². The summed E-state index contributed by atoms with van der Waals surface area (Å²) < 4.78 is 9.55. The maximum Gasteiger partial charge on any atom is 0.160 e. The summed E-state index contributed by atoms with van der Waals surface area (Å²) in [4.78, 5) is 20.1. The summed E-state index contributed by atoms with van der Waals surface area (Å²) in [7, 11) is 0. The van der Waals surface area contributed by atoms with E-state index in [9.17, 15) is 0 Å². The number of para-hydroxylation sites is 6. The van der Waals surface area contributed by atoms with Crippen molar-refractivity contribution in [1.82, 2.24) is 38.2 Å². The third-order valence-electron chi connectivity index (χ3n) is 24.3. The molecule has 0 aliphatic carbocycles. The highest BCUT2D eigenvalue weighted by Crippen LogP contribution is 2.43. The van der Waals surface area contributed by atoms with Gasteiger partial charge in [0.1, 0.15) is 0 Å². The molecule has 8 heteroatoms. The maximum atomic E-state index is 5.04. The van der Waals surface area contributed by atoms with Gasteiger partial charge in [0.05, 0.1) is 66.9 Å². The van der Waals surface area contributed by atoms with Crippen LogP contribution in [0.1, 0.15) is 0 Å². The van der Waals surface area contributed by atoms with Crippen LogP contribution in [0.25, 0.3) is 222 Å². The molecule has 6 heterocycles. The van der Waals surface area contributed by atoms with Crippen LogP contribution in [0, 0.1) is 0 Å². The summed E-state index contributed by atoms with van der Waals surface area (Å²) in [6, 6.07) is 164. The lowest BCUT2D eigenvalue weighted by atomic mass is 10.0. The molecule has 0 amide bonds. The lowest BCUT2D eigenvalue weighted by Gasteiger charge is -2.12. The number of hydrogen-bond donors (Lipinski definition) is 0. The van der Waals surface area contributed by atoms with Gasteiger partial charge >= 0.3 is 0 Å². The second-order valence-corrected chi connectivity index (χ2v) is 31.6. The van der Waals surface area contributed by atoms with Gasteiger partial charge < -0.3 is 18.3 Å². The van der Waals surface area contributed by atoms with Gasteiger partial charge in [-0.25, -0.2) is 19.9 Å². The van der Waals surface area contributed by atoms with Crippen LogP contribution >= 0.6 is 0 Å². The van der Waals surface area contributed by atoms with Crippen LogP contribution in [0.15, 0.2) is 461 Å². The molecule has 18 aromatic carbocycles. The molecule has 0 aliphatic heterocycles. The van der Waals surface area contributed by atoms with Gasteiger partial charge in [0, 0.05) is 99.2 Å². The molecule has 24 rings (SSSR count). The van der Waals surface area contributed by atoms with Crippen molar-refractivity contribution in [3.05, 3.63) is 461 Å². The van der Waals surface area contributed by atoms with E-state index >= 15 is 0 Å². The predicted octanol–water partition coefficient (Wildman–Crippen LogP) is 30.0. The van der Waals surface area contributed by atoms with Crippen LogP contribution in [0.4, 0.5) is 0 Å². The highest BCUT2D eigenvalue weighted by Gasteiger charge is 2.22. The number of hydrogen-bond acceptors (Lipinski definition) is 4. The Hall–Kier alpha value is -16.7. The van der Waals surface area contributed by atoms with E-state index in [1.165, 1.54) is 109 Å². The van der Waals surface area contributed by atoms with Crippen molar-refractivity contribution in [1.29, 1.82) is 0 Å². The minimum absolute atomic E-state index is 0.705. The van der Waals surface area contributed by atoms with Crippen molar-refractivity contribution in [3.8, 4) is 135 Å². The molecular formula is C116H76N8. The molecule has 0 aliphatic rings.